The summed E-state index contributed by atoms with van der Waals surface area (Å²) in [4.78, 5) is 23.4. The number of thiazole rings is 1. The Kier molecular flexibility index (Phi) is 5.09. The predicted octanol–water partition coefficient (Wildman–Crippen LogP) is 5.09. The minimum atomic E-state index is -0.242. The van der Waals surface area contributed by atoms with Crippen LogP contribution in [0.15, 0.2) is 72.4 Å². The predicted molar refractivity (Wildman–Crippen MR) is 110 cm³/mol. The van der Waals surface area contributed by atoms with Crippen LogP contribution < -0.4 is 5.32 Å². The molecule has 134 valence electrons. The van der Waals surface area contributed by atoms with Crippen LogP contribution >= 0.6 is 22.7 Å². The molecular weight excluding hydrogens is 374 g/mol. The fourth-order valence-electron chi connectivity index (χ4n) is 2.87. The number of carbonyl (C=O) groups is 1. The Hall–Kier alpha value is -2.83. The molecule has 3 aromatic heterocycles. The zero-order chi connectivity index (χ0) is 18.6. The van der Waals surface area contributed by atoms with Crippen molar-refractivity contribution >= 4 is 28.6 Å². The molecule has 0 aliphatic carbocycles. The molecule has 0 aliphatic heterocycles. The SMILES string of the molecule is Cc1nc(-c2cccs2)sc1C(=O)NC(c1ccccc1)c1ccncc1. The van der Waals surface area contributed by atoms with E-state index in [-0.39, 0.29) is 11.9 Å². The number of aromatic nitrogens is 2. The van der Waals surface area contributed by atoms with E-state index in [1.807, 2.05) is 66.9 Å². The van der Waals surface area contributed by atoms with E-state index < -0.39 is 0 Å². The number of carbonyl (C=O) groups excluding carboxylic acids is 1. The van der Waals surface area contributed by atoms with E-state index in [4.69, 9.17) is 0 Å². The topological polar surface area (TPSA) is 54.9 Å². The van der Waals surface area contributed by atoms with Gasteiger partial charge in [-0.2, -0.15) is 0 Å². The number of nitrogens with one attached hydrogen (secondary N) is 1. The van der Waals surface area contributed by atoms with Crippen LogP contribution in [0.3, 0.4) is 0 Å². The molecule has 0 bridgehead atoms. The van der Waals surface area contributed by atoms with E-state index in [0.717, 1.165) is 26.7 Å². The zero-order valence-corrected chi connectivity index (χ0v) is 16.3. The van der Waals surface area contributed by atoms with Crippen molar-refractivity contribution in [2.75, 3.05) is 0 Å². The molecule has 27 heavy (non-hydrogen) atoms. The molecule has 1 N–H and O–H groups in total. The standard InChI is InChI=1S/C21H17N3OS2/c1-14-19(27-21(23-14)17-8-5-13-26-17)20(25)24-18(15-6-3-2-4-7-15)16-9-11-22-12-10-16/h2-13,18H,1H3,(H,24,25). The first kappa shape index (κ1) is 17.6. The molecule has 4 aromatic rings. The van der Waals surface area contributed by atoms with Gasteiger partial charge in [0.2, 0.25) is 0 Å². The first-order chi connectivity index (χ1) is 13.2. The van der Waals surface area contributed by atoms with Crippen LogP contribution in [0.5, 0.6) is 0 Å². The summed E-state index contributed by atoms with van der Waals surface area (Å²) in [6.07, 6.45) is 3.48. The van der Waals surface area contributed by atoms with Crippen molar-refractivity contribution in [2.45, 2.75) is 13.0 Å². The van der Waals surface area contributed by atoms with Gasteiger partial charge < -0.3 is 5.32 Å². The second-order valence-corrected chi connectivity index (χ2v) is 7.96. The second-order valence-electron chi connectivity index (χ2n) is 6.01. The van der Waals surface area contributed by atoms with Gasteiger partial charge >= 0.3 is 0 Å². The second kappa shape index (κ2) is 7.82. The van der Waals surface area contributed by atoms with E-state index in [1.165, 1.54) is 11.3 Å². The van der Waals surface area contributed by atoms with Crippen LogP contribution in [0.2, 0.25) is 0 Å². The van der Waals surface area contributed by atoms with E-state index >= 15 is 0 Å². The number of amides is 1. The van der Waals surface area contributed by atoms with Crippen molar-refractivity contribution in [3.63, 3.8) is 0 Å². The summed E-state index contributed by atoms with van der Waals surface area (Å²) in [5.41, 5.74) is 2.77. The van der Waals surface area contributed by atoms with Gasteiger partial charge in [0.25, 0.3) is 5.91 Å². The Balaban J connectivity index is 1.65. The molecule has 0 saturated carbocycles. The summed E-state index contributed by atoms with van der Waals surface area (Å²) in [6, 6.07) is 17.6. The third-order valence-corrected chi connectivity index (χ3v) is 6.38. The third-order valence-electron chi connectivity index (χ3n) is 4.18. The molecule has 3 heterocycles. The van der Waals surface area contributed by atoms with Crippen LogP contribution in [0, 0.1) is 6.92 Å². The first-order valence-corrected chi connectivity index (χ1v) is 10.2. The van der Waals surface area contributed by atoms with Crippen LogP contribution in [0.1, 0.15) is 32.5 Å². The van der Waals surface area contributed by atoms with Crippen molar-refractivity contribution in [3.8, 4) is 9.88 Å². The molecule has 0 saturated heterocycles. The lowest BCUT2D eigenvalue weighted by molar-refractivity contribution is 0.0946. The molecule has 1 atom stereocenters. The van der Waals surface area contributed by atoms with E-state index in [9.17, 15) is 4.79 Å². The highest BCUT2D eigenvalue weighted by Gasteiger charge is 2.22. The lowest BCUT2D eigenvalue weighted by atomic mass is 9.99. The molecule has 6 heteroatoms. The maximum absolute atomic E-state index is 13.1. The molecule has 1 amide bonds. The fraction of sp³-hybridized carbons (Fsp3) is 0.0952. The molecule has 4 nitrogen and oxygen atoms in total. The number of hydrogen-bond donors (Lipinski definition) is 1. The number of aryl methyl sites for hydroxylation is 1. The maximum Gasteiger partial charge on any atom is 0.264 e. The summed E-state index contributed by atoms with van der Waals surface area (Å²) in [5.74, 6) is -0.113. The summed E-state index contributed by atoms with van der Waals surface area (Å²) >= 11 is 3.06. The molecule has 0 radical (unpaired) electrons. The van der Waals surface area contributed by atoms with Gasteiger partial charge in [-0.05, 0) is 41.6 Å². The highest BCUT2D eigenvalue weighted by atomic mass is 32.1. The van der Waals surface area contributed by atoms with E-state index in [0.29, 0.717) is 4.88 Å². The van der Waals surface area contributed by atoms with Crippen molar-refractivity contribution in [1.29, 1.82) is 0 Å². The first-order valence-electron chi connectivity index (χ1n) is 8.49. The quantitative estimate of drug-likeness (QED) is 0.515. The third kappa shape index (κ3) is 3.82. The highest BCUT2D eigenvalue weighted by molar-refractivity contribution is 7.22. The number of rotatable bonds is 5. The minimum absolute atomic E-state index is 0.113. The van der Waals surface area contributed by atoms with E-state index in [1.54, 1.807) is 23.7 Å². The van der Waals surface area contributed by atoms with Crippen LogP contribution in [0.25, 0.3) is 9.88 Å². The Morgan fingerprint density at radius 2 is 1.74 bits per heavy atom. The van der Waals surface area contributed by atoms with Gasteiger partial charge in [-0.25, -0.2) is 4.98 Å². The lowest BCUT2D eigenvalue weighted by Gasteiger charge is -2.19. The summed E-state index contributed by atoms with van der Waals surface area (Å²) in [6.45, 7) is 1.88. The number of hydrogen-bond acceptors (Lipinski definition) is 5. The Labute approximate surface area is 165 Å². The van der Waals surface area contributed by atoms with Crippen LogP contribution in [-0.4, -0.2) is 15.9 Å². The molecule has 0 spiro atoms. The van der Waals surface area contributed by atoms with Gasteiger partial charge in [0, 0.05) is 12.4 Å². The van der Waals surface area contributed by atoms with Gasteiger partial charge in [-0.15, -0.1) is 22.7 Å². The monoisotopic (exact) mass is 391 g/mol. The largest absolute Gasteiger partial charge is 0.340 e. The van der Waals surface area contributed by atoms with Crippen LogP contribution in [0.4, 0.5) is 0 Å². The van der Waals surface area contributed by atoms with Crippen molar-refractivity contribution < 1.29 is 4.79 Å². The zero-order valence-electron chi connectivity index (χ0n) is 14.6. The van der Waals surface area contributed by atoms with Gasteiger partial charge in [0.1, 0.15) is 9.88 Å². The molecule has 0 fully saturated rings. The average Bonchev–Trinajstić information content (AvgIpc) is 3.37. The molecule has 0 aliphatic rings. The number of benzene rings is 1. The normalized spacial score (nSPS) is 11.9. The summed E-state index contributed by atoms with van der Waals surface area (Å²) in [7, 11) is 0. The average molecular weight is 392 g/mol. The van der Waals surface area contributed by atoms with Gasteiger partial charge in [-0.1, -0.05) is 36.4 Å². The smallest absolute Gasteiger partial charge is 0.264 e. The maximum atomic E-state index is 13.1. The number of nitrogens with zero attached hydrogens (tertiary/aromatic N) is 2. The summed E-state index contributed by atoms with van der Waals surface area (Å²) in [5, 5.41) is 6.07. The molecule has 4 rings (SSSR count). The van der Waals surface area contributed by atoms with Crippen molar-refractivity contribution in [1.82, 2.24) is 15.3 Å². The number of pyridine rings is 1. The Morgan fingerprint density at radius 1 is 1.00 bits per heavy atom. The van der Waals surface area contributed by atoms with Gasteiger partial charge in [-0.3, -0.25) is 9.78 Å². The lowest BCUT2D eigenvalue weighted by Crippen LogP contribution is -2.29. The molecular formula is C21H17N3OS2. The Morgan fingerprint density at radius 3 is 2.44 bits per heavy atom. The van der Waals surface area contributed by atoms with Crippen molar-refractivity contribution in [2.24, 2.45) is 0 Å². The fourth-order valence-corrected chi connectivity index (χ4v) is 4.64. The minimum Gasteiger partial charge on any atom is -0.340 e. The van der Waals surface area contributed by atoms with Crippen LogP contribution in [-0.2, 0) is 0 Å². The van der Waals surface area contributed by atoms with E-state index in [2.05, 4.69) is 15.3 Å². The Bertz CT molecular complexity index is 989. The highest BCUT2D eigenvalue weighted by Crippen LogP contribution is 2.31. The van der Waals surface area contributed by atoms with Crippen molar-refractivity contribution in [3.05, 3.63) is 94.1 Å². The van der Waals surface area contributed by atoms with Gasteiger partial charge in [0.05, 0.1) is 16.6 Å². The summed E-state index contributed by atoms with van der Waals surface area (Å²) < 4.78 is 0. The molecule has 1 aromatic carbocycles. The molecule has 1 unspecified atom stereocenters. The van der Waals surface area contributed by atoms with Gasteiger partial charge in [0.15, 0.2) is 0 Å². The number of thiophene rings is 1.